The van der Waals surface area contributed by atoms with E-state index in [4.69, 9.17) is 11.6 Å². The molecule has 0 aromatic carbocycles. The molecule has 0 saturated heterocycles. The summed E-state index contributed by atoms with van der Waals surface area (Å²) in [7, 11) is 0. The smallest absolute Gasteiger partial charge is 0.282 e. The van der Waals surface area contributed by atoms with Crippen molar-refractivity contribution in [2.75, 3.05) is 6.54 Å². The molecule has 0 radical (unpaired) electrons. The Kier molecular flexibility index (Phi) is 3.90. The van der Waals surface area contributed by atoms with Crippen molar-refractivity contribution in [3.8, 4) is 0 Å². The summed E-state index contributed by atoms with van der Waals surface area (Å²) in [6.07, 6.45) is 7.63. The highest BCUT2D eigenvalue weighted by Crippen LogP contribution is 2.18. The van der Waals surface area contributed by atoms with Gasteiger partial charge in [-0.3, -0.25) is 4.79 Å². The van der Waals surface area contributed by atoms with Crippen LogP contribution in [-0.4, -0.2) is 22.6 Å². The van der Waals surface area contributed by atoms with Crippen molar-refractivity contribution < 1.29 is 4.79 Å². The summed E-state index contributed by atoms with van der Waals surface area (Å²) in [5.41, 5.74) is 0. The first-order chi connectivity index (χ1) is 7.75. The molecule has 4 nitrogen and oxygen atoms in total. The van der Waals surface area contributed by atoms with Crippen LogP contribution in [-0.2, 0) is 0 Å². The van der Waals surface area contributed by atoms with Crippen molar-refractivity contribution >= 4 is 28.8 Å². The van der Waals surface area contributed by atoms with Crippen LogP contribution in [0.15, 0.2) is 12.2 Å². The molecule has 1 atom stereocenters. The van der Waals surface area contributed by atoms with E-state index in [9.17, 15) is 4.79 Å². The van der Waals surface area contributed by atoms with Crippen LogP contribution >= 0.6 is 22.9 Å². The minimum Gasteiger partial charge on any atom is -0.350 e. The summed E-state index contributed by atoms with van der Waals surface area (Å²) < 4.78 is 0.297. The molecule has 1 aliphatic rings. The number of nitrogens with one attached hydrogen (secondary N) is 1. The lowest BCUT2D eigenvalue weighted by atomic mass is 9.94. The molecule has 1 aromatic rings. The number of nitrogens with zero attached hydrogens (tertiary/aromatic N) is 2. The van der Waals surface area contributed by atoms with Crippen molar-refractivity contribution in [1.29, 1.82) is 0 Å². The van der Waals surface area contributed by atoms with Crippen molar-refractivity contribution in [1.82, 2.24) is 15.5 Å². The first-order valence-electron chi connectivity index (χ1n) is 5.18. The minimum absolute atomic E-state index is 0.182. The third-order valence-corrected chi connectivity index (χ3v) is 3.54. The SMILES string of the molecule is O=C(NCC1CC=CCC1)c1nnc(Cl)s1. The molecule has 16 heavy (non-hydrogen) atoms. The summed E-state index contributed by atoms with van der Waals surface area (Å²) in [6, 6.07) is 0. The predicted octanol–water partition coefficient (Wildman–Crippen LogP) is 2.28. The number of allylic oxidation sites excluding steroid dienone is 2. The van der Waals surface area contributed by atoms with E-state index in [1.807, 2.05) is 0 Å². The maximum Gasteiger partial charge on any atom is 0.282 e. The van der Waals surface area contributed by atoms with Gasteiger partial charge in [-0.25, -0.2) is 0 Å². The van der Waals surface area contributed by atoms with Crippen LogP contribution in [0.25, 0.3) is 0 Å². The van der Waals surface area contributed by atoms with Gasteiger partial charge in [0.1, 0.15) is 0 Å². The van der Waals surface area contributed by atoms with Gasteiger partial charge in [-0.15, -0.1) is 10.2 Å². The van der Waals surface area contributed by atoms with Gasteiger partial charge in [-0.05, 0) is 36.8 Å². The highest BCUT2D eigenvalue weighted by molar-refractivity contribution is 7.17. The molecule has 0 spiro atoms. The number of halogens is 1. The molecule has 1 unspecified atom stereocenters. The van der Waals surface area contributed by atoms with E-state index in [1.54, 1.807) is 0 Å². The Morgan fingerprint density at radius 3 is 3.06 bits per heavy atom. The van der Waals surface area contributed by atoms with Gasteiger partial charge in [0.25, 0.3) is 5.91 Å². The number of hydrogen-bond donors (Lipinski definition) is 1. The van der Waals surface area contributed by atoms with E-state index < -0.39 is 0 Å². The molecule has 86 valence electrons. The summed E-state index contributed by atoms with van der Waals surface area (Å²) in [5, 5.41) is 10.5. The minimum atomic E-state index is -0.182. The van der Waals surface area contributed by atoms with Crippen LogP contribution < -0.4 is 5.32 Å². The molecule has 6 heteroatoms. The van der Waals surface area contributed by atoms with Gasteiger partial charge in [0.15, 0.2) is 0 Å². The quantitative estimate of drug-likeness (QED) is 0.846. The second-order valence-electron chi connectivity index (χ2n) is 3.72. The fourth-order valence-electron chi connectivity index (χ4n) is 1.65. The predicted molar refractivity (Wildman–Crippen MR) is 63.7 cm³/mol. The summed E-state index contributed by atoms with van der Waals surface area (Å²) >= 11 is 6.71. The monoisotopic (exact) mass is 257 g/mol. The molecule has 0 fully saturated rings. The Morgan fingerprint density at radius 1 is 1.56 bits per heavy atom. The molecular formula is C10H12ClN3OS. The summed E-state index contributed by atoms with van der Waals surface area (Å²) in [6.45, 7) is 0.695. The summed E-state index contributed by atoms with van der Waals surface area (Å²) in [5.74, 6) is 0.358. The van der Waals surface area contributed by atoms with E-state index >= 15 is 0 Å². The van der Waals surface area contributed by atoms with Gasteiger partial charge in [0.2, 0.25) is 9.47 Å². The van der Waals surface area contributed by atoms with E-state index in [-0.39, 0.29) is 5.91 Å². The Morgan fingerprint density at radius 2 is 2.44 bits per heavy atom. The molecule has 0 bridgehead atoms. The van der Waals surface area contributed by atoms with E-state index in [0.29, 0.717) is 21.9 Å². The Labute approximate surface area is 103 Å². The van der Waals surface area contributed by atoms with E-state index in [0.717, 1.165) is 30.6 Å². The van der Waals surface area contributed by atoms with Crippen LogP contribution in [0, 0.1) is 5.92 Å². The summed E-state index contributed by atoms with van der Waals surface area (Å²) in [4.78, 5) is 11.6. The molecule has 1 amide bonds. The Hall–Kier alpha value is -0.940. The van der Waals surface area contributed by atoms with Crippen LogP contribution in [0.3, 0.4) is 0 Å². The van der Waals surface area contributed by atoms with Gasteiger partial charge < -0.3 is 5.32 Å². The van der Waals surface area contributed by atoms with Gasteiger partial charge in [0.05, 0.1) is 0 Å². The fourth-order valence-corrected chi connectivity index (χ4v) is 2.40. The number of carbonyl (C=O) groups is 1. The van der Waals surface area contributed by atoms with Crippen LogP contribution in [0.1, 0.15) is 29.1 Å². The standard InChI is InChI=1S/C10H12ClN3OS/c11-10-14-13-9(16-10)8(15)12-6-7-4-2-1-3-5-7/h1-2,7H,3-6H2,(H,12,15). The topological polar surface area (TPSA) is 54.9 Å². The zero-order valence-corrected chi connectivity index (χ0v) is 10.2. The molecule has 1 aliphatic carbocycles. The second kappa shape index (κ2) is 5.41. The highest BCUT2D eigenvalue weighted by Gasteiger charge is 2.15. The van der Waals surface area contributed by atoms with Crippen molar-refractivity contribution in [2.45, 2.75) is 19.3 Å². The average molecular weight is 258 g/mol. The van der Waals surface area contributed by atoms with Crippen molar-refractivity contribution in [3.63, 3.8) is 0 Å². The van der Waals surface area contributed by atoms with Crippen molar-refractivity contribution in [2.24, 2.45) is 5.92 Å². The maximum absolute atomic E-state index is 11.6. The van der Waals surface area contributed by atoms with E-state index in [1.165, 1.54) is 0 Å². The average Bonchev–Trinajstić information content (AvgIpc) is 2.74. The number of rotatable bonds is 3. The van der Waals surface area contributed by atoms with Gasteiger partial charge >= 0.3 is 0 Å². The molecular weight excluding hydrogens is 246 g/mol. The first kappa shape index (κ1) is 11.5. The molecule has 1 heterocycles. The lowest BCUT2D eigenvalue weighted by molar-refractivity contribution is 0.0945. The van der Waals surface area contributed by atoms with E-state index in [2.05, 4.69) is 27.7 Å². The number of amides is 1. The lowest BCUT2D eigenvalue weighted by Gasteiger charge is -2.17. The van der Waals surface area contributed by atoms with Gasteiger partial charge in [-0.1, -0.05) is 23.5 Å². The normalized spacial score (nSPS) is 19.7. The molecule has 0 aliphatic heterocycles. The number of aromatic nitrogens is 2. The zero-order chi connectivity index (χ0) is 11.4. The molecule has 1 aromatic heterocycles. The lowest BCUT2D eigenvalue weighted by Crippen LogP contribution is -2.29. The number of hydrogen-bond acceptors (Lipinski definition) is 4. The Balaban J connectivity index is 1.81. The zero-order valence-electron chi connectivity index (χ0n) is 8.65. The second-order valence-corrected chi connectivity index (χ2v) is 5.28. The van der Waals surface area contributed by atoms with Crippen LogP contribution in [0.5, 0.6) is 0 Å². The molecule has 0 saturated carbocycles. The molecule has 2 rings (SSSR count). The fraction of sp³-hybridized carbons (Fsp3) is 0.500. The Bertz CT molecular complexity index is 405. The van der Waals surface area contributed by atoms with Gasteiger partial charge in [-0.2, -0.15) is 0 Å². The van der Waals surface area contributed by atoms with Crippen LogP contribution in [0.4, 0.5) is 0 Å². The van der Waals surface area contributed by atoms with Crippen molar-refractivity contribution in [3.05, 3.63) is 21.6 Å². The van der Waals surface area contributed by atoms with Crippen LogP contribution in [0.2, 0.25) is 4.47 Å². The maximum atomic E-state index is 11.6. The largest absolute Gasteiger partial charge is 0.350 e. The first-order valence-corrected chi connectivity index (χ1v) is 6.37. The highest BCUT2D eigenvalue weighted by atomic mass is 35.5. The third-order valence-electron chi connectivity index (χ3n) is 2.52. The number of carbonyl (C=O) groups excluding carboxylic acids is 1. The van der Waals surface area contributed by atoms with Gasteiger partial charge in [0, 0.05) is 6.54 Å². The third kappa shape index (κ3) is 3.02. The molecule has 1 N–H and O–H groups in total.